The molecule has 0 saturated heterocycles. The monoisotopic (exact) mass is 503 g/mol. The fourth-order valence-electron chi connectivity index (χ4n) is 2.36. The van der Waals surface area contributed by atoms with E-state index in [9.17, 15) is 0 Å². The molecule has 0 amide bonds. The Morgan fingerprint density at radius 2 is 2.04 bits per heavy atom. The molecule has 1 N–H and O–H groups in total. The molecule has 28 heavy (non-hydrogen) atoms. The van der Waals surface area contributed by atoms with Crippen LogP contribution >= 0.6 is 24.0 Å². The predicted molar refractivity (Wildman–Crippen MR) is 119 cm³/mol. The average molecular weight is 503 g/mol. The zero-order chi connectivity index (χ0) is 19.5. The second kappa shape index (κ2) is 13.3. The second-order valence-corrected chi connectivity index (χ2v) is 5.90. The van der Waals surface area contributed by atoms with Gasteiger partial charge in [-0.15, -0.1) is 24.0 Å². The third-order valence-corrected chi connectivity index (χ3v) is 3.76. The van der Waals surface area contributed by atoms with E-state index in [-0.39, 0.29) is 30.1 Å². The summed E-state index contributed by atoms with van der Waals surface area (Å²) >= 11 is 0. The molecule has 2 rings (SSSR count). The van der Waals surface area contributed by atoms with Crippen molar-refractivity contribution >= 4 is 29.9 Å². The zero-order valence-electron chi connectivity index (χ0n) is 16.9. The van der Waals surface area contributed by atoms with Gasteiger partial charge in [-0.1, -0.05) is 23.4 Å². The van der Waals surface area contributed by atoms with Gasteiger partial charge in [-0.2, -0.15) is 4.98 Å². The number of aliphatic imine (C=N–C) groups is 1. The van der Waals surface area contributed by atoms with Gasteiger partial charge < -0.3 is 24.2 Å². The summed E-state index contributed by atoms with van der Waals surface area (Å²) in [6.45, 7) is 8.77. The molecule has 0 aliphatic rings. The number of nitrogens with one attached hydrogen (secondary N) is 1. The maximum atomic E-state index is 5.74. The van der Waals surface area contributed by atoms with E-state index in [1.807, 2.05) is 63.1 Å². The molecular formula is C19H30IN5O3. The Hall–Kier alpha value is -1.88. The Morgan fingerprint density at radius 1 is 1.29 bits per heavy atom. The summed E-state index contributed by atoms with van der Waals surface area (Å²) < 4.78 is 16.5. The smallest absolute Gasteiger partial charge is 0.248 e. The van der Waals surface area contributed by atoms with Gasteiger partial charge in [0.05, 0.1) is 6.54 Å². The van der Waals surface area contributed by atoms with Crippen LogP contribution in [0.5, 0.6) is 5.75 Å². The predicted octanol–water partition coefficient (Wildman–Crippen LogP) is 3.26. The lowest BCUT2D eigenvalue weighted by atomic mass is 10.3. The molecule has 0 radical (unpaired) electrons. The Balaban J connectivity index is 0.00000392. The van der Waals surface area contributed by atoms with Crippen LogP contribution in [-0.2, 0) is 11.3 Å². The van der Waals surface area contributed by atoms with Gasteiger partial charge >= 0.3 is 0 Å². The van der Waals surface area contributed by atoms with Crippen LogP contribution in [0.15, 0.2) is 39.8 Å². The van der Waals surface area contributed by atoms with E-state index in [2.05, 4.69) is 20.4 Å². The van der Waals surface area contributed by atoms with Crippen molar-refractivity contribution in [1.29, 1.82) is 0 Å². The van der Waals surface area contributed by atoms with Gasteiger partial charge in [-0.25, -0.2) is 4.99 Å². The van der Waals surface area contributed by atoms with E-state index in [0.29, 0.717) is 38.0 Å². The van der Waals surface area contributed by atoms with Gasteiger partial charge in [0.25, 0.3) is 0 Å². The molecule has 1 aromatic carbocycles. The summed E-state index contributed by atoms with van der Waals surface area (Å²) in [5.74, 6) is 2.61. The first-order valence-corrected chi connectivity index (χ1v) is 9.25. The number of guanidine groups is 1. The minimum absolute atomic E-state index is 0. The van der Waals surface area contributed by atoms with Crippen LogP contribution in [0.2, 0.25) is 0 Å². The first kappa shape index (κ1) is 24.2. The largest absolute Gasteiger partial charge is 0.492 e. The van der Waals surface area contributed by atoms with Crippen LogP contribution in [0.3, 0.4) is 0 Å². The summed E-state index contributed by atoms with van der Waals surface area (Å²) in [7, 11) is 1.96. The van der Waals surface area contributed by atoms with E-state index < -0.39 is 0 Å². The SMILES string of the molecule is CCNC(=NCc1nc(C(C)OCC)no1)N(C)CCOc1ccccc1.I. The highest BCUT2D eigenvalue weighted by Crippen LogP contribution is 2.13. The number of benzene rings is 1. The summed E-state index contributed by atoms with van der Waals surface area (Å²) in [5.41, 5.74) is 0. The Morgan fingerprint density at radius 3 is 2.71 bits per heavy atom. The highest BCUT2D eigenvalue weighted by Gasteiger charge is 2.14. The van der Waals surface area contributed by atoms with Crippen molar-refractivity contribution in [3.63, 3.8) is 0 Å². The lowest BCUT2D eigenvalue weighted by Crippen LogP contribution is -2.40. The molecule has 0 fully saturated rings. The molecule has 0 spiro atoms. The van der Waals surface area contributed by atoms with Crippen molar-refractivity contribution in [1.82, 2.24) is 20.4 Å². The Bertz CT molecular complexity index is 696. The Labute approximate surface area is 183 Å². The molecule has 0 aliphatic carbocycles. The molecule has 0 aliphatic heterocycles. The number of halogens is 1. The first-order valence-electron chi connectivity index (χ1n) is 9.25. The maximum Gasteiger partial charge on any atom is 0.248 e. The number of para-hydroxylation sites is 1. The maximum absolute atomic E-state index is 5.74. The van der Waals surface area contributed by atoms with Crippen molar-refractivity contribution < 1.29 is 14.0 Å². The number of likely N-dealkylation sites (N-methyl/N-ethyl adjacent to an activating group) is 1. The van der Waals surface area contributed by atoms with Crippen LogP contribution in [0.4, 0.5) is 0 Å². The van der Waals surface area contributed by atoms with Crippen molar-refractivity contribution in [2.45, 2.75) is 33.4 Å². The lowest BCUT2D eigenvalue weighted by molar-refractivity contribution is 0.0683. The van der Waals surface area contributed by atoms with Gasteiger partial charge in [0.1, 0.15) is 25.0 Å². The molecule has 1 atom stereocenters. The number of aromatic nitrogens is 2. The zero-order valence-corrected chi connectivity index (χ0v) is 19.3. The lowest BCUT2D eigenvalue weighted by Gasteiger charge is -2.21. The van der Waals surface area contributed by atoms with Crippen LogP contribution in [-0.4, -0.2) is 54.4 Å². The van der Waals surface area contributed by atoms with Crippen LogP contribution in [0.1, 0.15) is 38.6 Å². The number of ether oxygens (including phenoxy) is 2. The molecule has 8 nitrogen and oxygen atoms in total. The molecule has 156 valence electrons. The molecule has 1 aromatic heterocycles. The summed E-state index contributed by atoms with van der Waals surface area (Å²) in [4.78, 5) is 10.9. The van der Waals surface area contributed by atoms with Crippen LogP contribution in [0.25, 0.3) is 0 Å². The minimum Gasteiger partial charge on any atom is -0.492 e. The van der Waals surface area contributed by atoms with E-state index in [1.165, 1.54) is 0 Å². The van der Waals surface area contributed by atoms with Gasteiger partial charge in [-0.05, 0) is 32.9 Å². The molecule has 1 unspecified atom stereocenters. The van der Waals surface area contributed by atoms with E-state index in [4.69, 9.17) is 14.0 Å². The average Bonchev–Trinajstić information content (AvgIpc) is 3.15. The normalized spacial score (nSPS) is 12.2. The van der Waals surface area contributed by atoms with Crippen molar-refractivity contribution in [2.24, 2.45) is 4.99 Å². The van der Waals surface area contributed by atoms with E-state index >= 15 is 0 Å². The fourth-order valence-corrected chi connectivity index (χ4v) is 2.36. The van der Waals surface area contributed by atoms with Gasteiger partial charge in [0, 0.05) is 20.2 Å². The summed E-state index contributed by atoms with van der Waals surface area (Å²) in [6.07, 6.45) is -0.192. The first-order chi connectivity index (χ1) is 13.1. The topological polar surface area (TPSA) is 85.0 Å². The summed E-state index contributed by atoms with van der Waals surface area (Å²) in [6, 6.07) is 9.75. The van der Waals surface area contributed by atoms with Crippen LogP contribution < -0.4 is 10.1 Å². The fraction of sp³-hybridized carbons (Fsp3) is 0.526. The molecule has 0 saturated carbocycles. The van der Waals surface area contributed by atoms with E-state index in [0.717, 1.165) is 18.3 Å². The third-order valence-electron chi connectivity index (χ3n) is 3.76. The highest BCUT2D eigenvalue weighted by atomic mass is 127. The Kier molecular flexibility index (Phi) is 11.5. The van der Waals surface area contributed by atoms with Gasteiger partial charge in [-0.3, -0.25) is 0 Å². The third kappa shape index (κ3) is 8.01. The quantitative estimate of drug-likeness (QED) is 0.303. The number of hydrogen-bond acceptors (Lipinski definition) is 6. The van der Waals surface area contributed by atoms with Gasteiger partial charge in [0.15, 0.2) is 11.8 Å². The summed E-state index contributed by atoms with van der Waals surface area (Å²) in [5, 5.41) is 7.21. The standard InChI is InChI=1S/C19H29N5O3.HI/c1-5-20-19(24(4)12-13-26-16-10-8-7-9-11-16)21-14-17-22-18(23-27-17)15(3)25-6-2;/h7-11,15H,5-6,12-14H2,1-4H3,(H,20,21);1H. The number of rotatable bonds is 10. The molecule has 9 heteroatoms. The van der Waals surface area contributed by atoms with E-state index in [1.54, 1.807) is 0 Å². The van der Waals surface area contributed by atoms with Gasteiger partial charge in [0.2, 0.25) is 5.89 Å². The van der Waals surface area contributed by atoms with Crippen molar-refractivity contribution in [2.75, 3.05) is 33.4 Å². The molecule has 0 bridgehead atoms. The second-order valence-electron chi connectivity index (χ2n) is 5.90. The van der Waals surface area contributed by atoms with Crippen molar-refractivity contribution in [3.8, 4) is 5.75 Å². The molecule has 1 heterocycles. The van der Waals surface area contributed by atoms with Crippen LogP contribution in [0, 0.1) is 0 Å². The molecular weight excluding hydrogens is 473 g/mol. The van der Waals surface area contributed by atoms with Crippen molar-refractivity contribution in [3.05, 3.63) is 42.0 Å². The highest BCUT2D eigenvalue weighted by molar-refractivity contribution is 14.0. The minimum atomic E-state index is -0.192. The number of hydrogen-bond donors (Lipinski definition) is 1. The molecule has 2 aromatic rings. The number of nitrogens with zero attached hydrogens (tertiary/aromatic N) is 4.